The third-order valence-electron chi connectivity index (χ3n) is 3.74. The SMILES string of the molecule is OCCC1CCCCN1CCOc1ccc(Cl)cc1Cl. The van der Waals surface area contributed by atoms with Crippen molar-refractivity contribution >= 4 is 23.2 Å². The number of aliphatic hydroxyl groups is 1. The molecule has 0 amide bonds. The lowest BCUT2D eigenvalue weighted by Gasteiger charge is -2.35. The highest BCUT2D eigenvalue weighted by molar-refractivity contribution is 6.35. The molecule has 112 valence electrons. The number of aliphatic hydroxyl groups excluding tert-OH is 1. The molecule has 0 spiro atoms. The Morgan fingerprint density at radius 1 is 1.30 bits per heavy atom. The lowest BCUT2D eigenvalue weighted by atomic mass is 10.00. The summed E-state index contributed by atoms with van der Waals surface area (Å²) in [6.45, 7) is 2.81. The van der Waals surface area contributed by atoms with Crippen molar-refractivity contribution in [2.24, 2.45) is 0 Å². The molecule has 5 heteroatoms. The molecule has 1 aromatic rings. The largest absolute Gasteiger partial charge is 0.491 e. The van der Waals surface area contributed by atoms with Gasteiger partial charge in [-0.25, -0.2) is 0 Å². The smallest absolute Gasteiger partial charge is 0.138 e. The molecule has 1 heterocycles. The van der Waals surface area contributed by atoms with Crippen LogP contribution in [0.15, 0.2) is 18.2 Å². The van der Waals surface area contributed by atoms with Gasteiger partial charge in [0.25, 0.3) is 0 Å². The summed E-state index contributed by atoms with van der Waals surface area (Å²) in [6.07, 6.45) is 4.50. The van der Waals surface area contributed by atoms with E-state index in [1.807, 2.05) is 0 Å². The van der Waals surface area contributed by atoms with E-state index < -0.39 is 0 Å². The molecule has 2 rings (SSSR count). The minimum absolute atomic E-state index is 0.255. The molecule has 1 N–H and O–H groups in total. The number of piperidine rings is 1. The number of halogens is 2. The molecule has 0 saturated carbocycles. The van der Waals surface area contributed by atoms with Crippen LogP contribution >= 0.6 is 23.2 Å². The molecule has 0 aliphatic carbocycles. The molecule has 0 radical (unpaired) electrons. The molecule has 1 atom stereocenters. The van der Waals surface area contributed by atoms with E-state index in [-0.39, 0.29) is 6.61 Å². The first-order valence-electron chi connectivity index (χ1n) is 7.13. The second kappa shape index (κ2) is 8.08. The molecule has 1 unspecified atom stereocenters. The fourth-order valence-corrected chi connectivity index (χ4v) is 3.16. The maximum atomic E-state index is 9.11. The highest BCUT2D eigenvalue weighted by Crippen LogP contribution is 2.27. The Bertz CT molecular complexity index is 426. The Morgan fingerprint density at radius 3 is 2.90 bits per heavy atom. The Labute approximate surface area is 130 Å². The van der Waals surface area contributed by atoms with E-state index in [1.165, 1.54) is 19.3 Å². The summed E-state index contributed by atoms with van der Waals surface area (Å²) in [5, 5.41) is 10.3. The van der Waals surface area contributed by atoms with Crippen LogP contribution < -0.4 is 4.74 Å². The standard InChI is InChI=1S/C15H21Cl2NO2/c16-12-4-5-15(14(17)11-12)20-10-8-18-7-2-1-3-13(18)6-9-19/h4-5,11,13,19H,1-3,6-10H2. The van der Waals surface area contributed by atoms with E-state index in [9.17, 15) is 0 Å². The average Bonchev–Trinajstić information content (AvgIpc) is 2.43. The van der Waals surface area contributed by atoms with E-state index in [1.54, 1.807) is 18.2 Å². The van der Waals surface area contributed by atoms with Crippen LogP contribution in [0.3, 0.4) is 0 Å². The monoisotopic (exact) mass is 317 g/mol. The van der Waals surface area contributed by atoms with Crippen molar-refractivity contribution in [3.05, 3.63) is 28.2 Å². The van der Waals surface area contributed by atoms with Gasteiger partial charge in [-0.05, 0) is 44.0 Å². The average molecular weight is 318 g/mol. The van der Waals surface area contributed by atoms with E-state index in [2.05, 4.69) is 4.90 Å². The van der Waals surface area contributed by atoms with Gasteiger partial charge in [0.2, 0.25) is 0 Å². The zero-order valence-corrected chi connectivity index (χ0v) is 13.0. The van der Waals surface area contributed by atoms with Gasteiger partial charge in [0.15, 0.2) is 0 Å². The summed E-state index contributed by atoms with van der Waals surface area (Å²) in [4.78, 5) is 2.41. The third-order valence-corrected chi connectivity index (χ3v) is 4.27. The summed E-state index contributed by atoms with van der Waals surface area (Å²) in [5.74, 6) is 0.673. The van der Waals surface area contributed by atoms with Crippen molar-refractivity contribution in [1.29, 1.82) is 0 Å². The summed E-state index contributed by atoms with van der Waals surface area (Å²) in [6, 6.07) is 5.75. The highest BCUT2D eigenvalue weighted by Gasteiger charge is 2.21. The first-order valence-corrected chi connectivity index (χ1v) is 7.89. The fraction of sp³-hybridized carbons (Fsp3) is 0.600. The van der Waals surface area contributed by atoms with Crippen molar-refractivity contribution < 1.29 is 9.84 Å². The summed E-state index contributed by atoms with van der Waals surface area (Å²) >= 11 is 11.9. The number of hydrogen-bond acceptors (Lipinski definition) is 3. The van der Waals surface area contributed by atoms with Crippen LogP contribution in [0.2, 0.25) is 10.0 Å². The van der Waals surface area contributed by atoms with Crippen molar-refractivity contribution in [2.75, 3.05) is 26.3 Å². The normalized spacial score (nSPS) is 20.1. The summed E-state index contributed by atoms with van der Waals surface area (Å²) in [5.41, 5.74) is 0. The first kappa shape index (κ1) is 15.9. The van der Waals surface area contributed by atoms with E-state index >= 15 is 0 Å². The number of rotatable bonds is 6. The molecular formula is C15H21Cl2NO2. The van der Waals surface area contributed by atoms with E-state index in [0.717, 1.165) is 19.5 Å². The van der Waals surface area contributed by atoms with Crippen molar-refractivity contribution in [3.8, 4) is 5.75 Å². The van der Waals surface area contributed by atoms with E-state index in [0.29, 0.717) is 28.4 Å². The van der Waals surface area contributed by atoms with Gasteiger partial charge in [0.05, 0.1) is 5.02 Å². The van der Waals surface area contributed by atoms with Gasteiger partial charge in [-0.15, -0.1) is 0 Å². The van der Waals surface area contributed by atoms with Crippen molar-refractivity contribution in [3.63, 3.8) is 0 Å². The second-order valence-electron chi connectivity index (χ2n) is 5.12. The Kier molecular flexibility index (Phi) is 6.43. The number of ether oxygens (including phenoxy) is 1. The number of benzene rings is 1. The maximum Gasteiger partial charge on any atom is 0.138 e. The second-order valence-corrected chi connectivity index (χ2v) is 5.96. The molecule has 1 aliphatic heterocycles. The van der Waals surface area contributed by atoms with Gasteiger partial charge < -0.3 is 9.84 Å². The van der Waals surface area contributed by atoms with Crippen molar-refractivity contribution in [1.82, 2.24) is 4.90 Å². The first-order chi connectivity index (χ1) is 9.70. The molecule has 1 aliphatic rings. The van der Waals surface area contributed by atoms with Gasteiger partial charge in [-0.2, -0.15) is 0 Å². The zero-order valence-electron chi connectivity index (χ0n) is 11.5. The molecule has 1 saturated heterocycles. The van der Waals surface area contributed by atoms with Gasteiger partial charge in [-0.3, -0.25) is 4.90 Å². The lowest BCUT2D eigenvalue weighted by Crippen LogP contribution is -2.42. The molecular weight excluding hydrogens is 297 g/mol. The summed E-state index contributed by atoms with van der Waals surface area (Å²) in [7, 11) is 0. The van der Waals surface area contributed by atoms with Gasteiger partial charge >= 0.3 is 0 Å². The lowest BCUT2D eigenvalue weighted by molar-refractivity contribution is 0.102. The van der Waals surface area contributed by atoms with Crippen LogP contribution in [0.4, 0.5) is 0 Å². The molecule has 0 bridgehead atoms. The fourth-order valence-electron chi connectivity index (χ4n) is 2.70. The number of hydrogen-bond donors (Lipinski definition) is 1. The Hall–Kier alpha value is -0.480. The van der Waals surface area contributed by atoms with Crippen molar-refractivity contribution in [2.45, 2.75) is 31.7 Å². The third kappa shape index (κ3) is 4.52. The number of nitrogens with zero attached hydrogens (tertiary/aromatic N) is 1. The summed E-state index contributed by atoms with van der Waals surface area (Å²) < 4.78 is 5.73. The minimum atomic E-state index is 0.255. The van der Waals surface area contributed by atoms with Crippen LogP contribution in [0.5, 0.6) is 5.75 Å². The van der Waals surface area contributed by atoms with E-state index in [4.69, 9.17) is 33.0 Å². The molecule has 3 nitrogen and oxygen atoms in total. The van der Waals surface area contributed by atoms with Gasteiger partial charge in [-0.1, -0.05) is 29.6 Å². The molecule has 1 fully saturated rings. The van der Waals surface area contributed by atoms with Crippen LogP contribution in [-0.4, -0.2) is 42.4 Å². The minimum Gasteiger partial charge on any atom is -0.491 e. The van der Waals surface area contributed by atoms with Crippen LogP contribution in [0, 0.1) is 0 Å². The number of likely N-dealkylation sites (tertiary alicyclic amines) is 1. The molecule has 0 aromatic heterocycles. The predicted molar refractivity (Wildman–Crippen MR) is 82.9 cm³/mol. The quantitative estimate of drug-likeness (QED) is 0.870. The van der Waals surface area contributed by atoms with Gasteiger partial charge in [0.1, 0.15) is 12.4 Å². The Morgan fingerprint density at radius 2 is 2.15 bits per heavy atom. The molecule has 1 aromatic carbocycles. The predicted octanol–water partition coefficient (Wildman–Crippen LogP) is 3.61. The van der Waals surface area contributed by atoms with Gasteiger partial charge in [0, 0.05) is 24.2 Å². The topological polar surface area (TPSA) is 32.7 Å². The van der Waals surface area contributed by atoms with Crippen LogP contribution in [0.25, 0.3) is 0 Å². The zero-order chi connectivity index (χ0) is 14.4. The van der Waals surface area contributed by atoms with Crippen LogP contribution in [0.1, 0.15) is 25.7 Å². The Balaban J connectivity index is 1.82. The molecule has 20 heavy (non-hydrogen) atoms. The highest BCUT2D eigenvalue weighted by atomic mass is 35.5. The van der Waals surface area contributed by atoms with Crippen LogP contribution in [-0.2, 0) is 0 Å². The maximum absolute atomic E-state index is 9.11.